The zero-order chi connectivity index (χ0) is 24.3. The minimum absolute atomic E-state index is 0.0384. The predicted octanol–water partition coefficient (Wildman–Crippen LogP) is 1.77. The summed E-state index contributed by atoms with van der Waals surface area (Å²) in [5, 5.41) is 14.3. The molecule has 0 saturated carbocycles. The Morgan fingerprint density at radius 3 is 2.15 bits per heavy atom. The second kappa shape index (κ2) is 9.55. The number of nitrogens with one attached hydrogen (secondary N) is 1. The summed E-state index contributed by atoms with van der Waals surface area (Å²) in [7, 11) is -0.751. The van der Waals surface area contributed by atoms with Gasteiger partial charge < -0.3 is 15.1 Å². The van der Waals surface area contributed by atoms with Crippen molar-refractivity contribution in [3.63, 3.8) is 0 Å². The number of carbonyl (C=O) groups is 2. The number of sulfonamides is 1. The molecule has 3 rings (SSSR count). The first kappa shape index (κ1) is 24.1. The number of piperazine rings is 1. The van der Waals surface area contributed by atoms with Gasteiger partial charge in [-0.15, -0.1) is 0 Å². The van der Waals surface area contributed by atoms with Crippen molar-refractivity contribution in [1.82, 2.24) is 9.21 Å². The number of hydrogen-bond donors (Lipinski definition) is 1. The molecule has 2 aromatic carbocycles. The Morgan fingerprint density at radius 1 is 1.03 bits per heavy atom. The molecule has 0 aromatic heterocycles. The molecule has 0 aliphatic carbocycles. The number of nitro groups is 1. The summed E-state index contributed by atoms with van der Waals surface area (Å²) in [6.45, 7) is 3.32. The third kappa shape index (κ3) is 5.29. The smallest absolute Gasteiger partial charge is 0.293 e. The van der Waals surface area contributed by atoms with Crippen LogP contribution in [-0.4, -0.2) is 74.6 Å². The molecule has 1 fully saturated rings. The van der Waals surface area contributed by atoms with E-state index in [-0.39, 0.29) is 22.1 Å². The standard InChI is InChI=1S/C21H25N5O6S/c1-15(27)24-10-12-25(13-11-24)19-9-4-16(14-20(19)26(29)30)21(28)22-17-5-7-18(8-6-17)33(31,32)23(2)3/h4-9,14H,10-13H2,1-3H3,(H,22,28). The molecule has 11 nitrogen and oxygen atoms in total. The fraction of sp³-hybridized carbons (Fsp3) is 0.333. The first-order valence-corrected chi connectivity index (χ1v) is 11.6. The Labute approximate surface area is 191 Å². The number of amides is 2. The number of nitro benzene ring substituents is 1. The lowest BCUT2D eigenvalue weighted by Crippen LogP contribution is -2.48. The monoisotopic (exact) mass is 475 g/mol. The summed E-state index contributed by atoms with van der Waals surface area (Å²) in [6.07, 6.45) is 0. The summed E-state index contributed by atoms with van der Waals surface area (Å²) in [4.78, 5) is 38.9. The molecule has 33 heavy (non-hydrogen) atoms. The molecular weight excluding hydrogens is 450 g/mol. The van der Waals surface area contributed by atoms with Crippen LogP contribution in [0.5, 0.6) is 0 Å². The first-order valence-electron chi connectivity index (χ1n) is 10.1. The van der Waals surface area contributed by atoms with E-state index in [4.69, 9.17) is 0 Å². The Balaban J connectivity index is 1.77. The maximum atomic E-state index is 12.7. The van der Waals surface area contributed by atoms with Crippen LogP contribution >= 0.6 is 0 Å². The van der Waals surface area contributed by atoms with Gasteiger partial charge in [0.05, 0.1) is 9.82 Å². The molecule has 0 unspecified atom stereocenters. The van der Waals surface area contributed by atoms with Crippen molar-refractivity contribution in [3.8, 4) is 0 Å². The minimum atomic E-state index is -3.59. The molecule has 2 aromatic rings. The molecule has 0 atom stereocenters. The lowest BCUT2D eigenvalue weighted by Gasteiger charge is -2.35. The Bertz CT molecular complexity index is 1170. The fourth-order valence-corrected chi connectivity index (χ4v) is 4.37. The molecule has 0 radical (unpaired) electrons. The molecule has 12 heteroatoms. The van der Waals surface area contributed by atoms with E-state index in [1.165, 1.54) is 63.5 Å². The number of benzene rings is 2. The van der Waals surface area contributed by atoms with Crippen molar-refractivity contribution in [2.24, 2.45) is 0 Å². The van der Waals surface area contributed by atoms with Gasteiger partial charge in [-0.05, 0) is 36.4 Å². The molecule has 0 bridgehead atoms. The highest BCUT2D eigenvalue weighted by Crippen LogP contribution is 2.30. The number of hydrogen-bond acceptors (Lipinski definition) is 7. The van der Waals surface area contributed by atoms with E-state index >= 15 is 0 Å². The Morgan fingerprint density at radius 2 is 1.64 bits per heavy atom. The van der Waals surface area contributed by atoms with Gasteiger partial charge in [0, 0.05) is 64.5 Å². The van der Waals surface area contributed by atoms with E-state index in [0.29, 0.717) is 37.6 Å². The van der Waals surface area contributed by atoms with Crippen LogP contribution in [0.3, 0.4) is 0 Å². The summed E-state index contributed by atoms with van der Waals surface area (Å²) in [5.41, 5.74) is 0.631. The lowest BCUT2D eigenvalue weighted by molar-refractivity contribution is -0.384. The highest BCUT2D eigenvalue weighted by molar-refractivity contribution is 7.89. The number of carbonyl (C=O) groups excluding carboxylic acids is 2. The van der Waals surface area contributed by atoms with Crippen molar-refractivity contribution < 1.29 is 22.9 Å². The SMILES string of the molecule is CC(=O)N1CCN(c2ccc(C(=O)Nc3ccc(S(=O)(=O)N(C)C)cc3)cc2[N+](=O)[O-])CC1. The van der Waals surface area contributed by atoms with Crippen LogP contribution in [0.15, 0.2) is 47.4 Å². The van der Waals surface area contributed by atoms with Crippen LogP contribution in [-0.2, 0) is 14.8 Å². The highest BCUT2D eigenvalue weighted by atomic mass is 32.2. The van der Waals surface area contributed by atoms with Crippen molar-refractivity contribution in [2.45, 2.75) is 11.8 Å². The fourth-order valence-electron chi connectivity index (χ4n) is 3.46. The Kier molecular flexibility index (Phi) is 6.98. The average molecular weight is 476 g/mol. The van der Waals surface area contributed by atoms with Crippen LogP contribution in [0.4, 0.5) is 17.1 Å². The molecule has 0 spiro atoms. The van der Waals surface area contributed by atoms with Gasteiger partial charge in [0.15, 0.2) is 0 Å². The van der Waals surface area contributed by atoms with Crippen LogP contribution in [0, 0.1) is 10.1 Å². The van der Waals surface area contributed by atoms with Gasteiger partial charge >= 0.3 is 0 Å². The van der Waals surface area contributed by atoms with Gasteiger partial charge in [-0.1, -0.05) is 0 Å². The largest absolute Gasteiger partial charge is 0.362 e. The minimum Gasteiger partial charge on any atom is -0.362 e. The number of rotatable bonds is 6. The normalized spacial score (nSPS) is 14.3. The predicted molar refractivity (Wildman–Crippen MR) is 123 cm³/mol. The van der Waals surface area contributed by atoms with E-state index in [1.54, 1.807) is 4.90 Å². The maximum Gasteiger partial charge on any atom is 0.293 e. The number of anilines is 2. The first-order chi connectivity index (χ1) is 15.5. The van der Waals surface area contributed by atoms with Crippen molar-refractivity contribution in [3.05, 3.63) is 58.1 Å². The summed E-state index contributed by atoms with van der Waals surface area (Å²) < 4.78 is 25.4. The van der Waals surface area contributed by atoms with Gasteiger partial charge in [-0.2, -0.15) is 0 Å². The summed E-state index contributed by atoms with van der Waals surface area (Å²) in [5.74, 6) is -0.599. The maximum absolute atomic E-state index is 12.7. The summed E-state index contributed by atoms with van der Waals surface area (Å²) >= 11 is 0. The molecule has 1 N–H and O–H groups in total. The van der Waals surface area contributed by atoms with Gasteiger partial charge in [0.2, 0.25) is 15.9 Å². The van der Waals surface area contributed by atoms with E-state index in [1.807, 2.05) is 4.90 Å². The molecule has 1 aliphatic rings. The van der Waals surface area contributed by atoms with Gasteiger partial charge in [-0.3, -0.25) is 19.7 Å². The zero-order valence-corrected chi connectivity index (χ0v) is 19.3. The zero-order valence-electron chi connectivity index (χ0n) is 18.5. The van der Waals surface area contributed by atoms with Crippen LogP contribution in [0.25, 0.3) is 0 Å². The molecular formula is C21H25N5O6S. The van der Waals surface area contributed by atoms with Crippen LogP contribution < -0.4 is 10.2 Å². The van der Waals surface area contributed by atoms with Gasteiger partial charge in [-0.25, -0.2) is 12.7 Å². The topological polar surface area (TPSA) is 133 Å². The third-order valence-corrected chi connectivity index (χ3v) is 7.22. The van der Waals surface area contributed by atoms with Crippen LogP contribution in [0.1, 0.15) is 17.3 Å². The highest BCUT2D eigenvalue weighted by Gasteiger charge is 2.26. The molecule has 1 heterocycles. The van der Waals surface area contributed by atoms with E-state index in [2.05, 4.69) is 5.32 Å². The quantitative estimate of drug-likeness (QED) is 0.497. The third-order valence-electron chi connectivity index (χ3n) is 5.39. The molecule has 2 amide bonds. The second-order valence-electron chi connectivity index (χ2n) is 7.72. The average Bonchev–Trinajstić information content (AvgIpc) is 2.79. The summed E-state index contributed by atoms with van der Waals surface area (Å²) in [6, 6.07) is 9.89. The number of nitrogens with zero attached hydrogens (tertiary/aromatic N) is 4. The van der Waals surface area contributed by atoms with Gasteiger partial charge in [0.1, 0.15) is 5.69 Å². The molecule has 1 aliphatic heterocycles. The van der Waals surface area contributed by atoms with E-state index < -0.39 is 20.9 Å². The van der Waals surface area contributed by atoms with Crippen LogP contribution in [0.2, 0.25) is 0 Å². The lowest BCUT2D eigenvalue weighted by atomic mass is 10.1. The van der Waals surface area contributed by atoms with E-state index in [9.17, 15) is 28.1 Å². The second-order valence-corrected chi connectivity index (χ2v) is 9.87. The van der Waals surface area contributed by atoms with Crippen molar-refractivity contribution in [2.75, 3.05) is 50.5 Å². The van der Waals surface area contributed by atoms with Gasteiger partial charge in [0.25, 0.3) is 11.6 Å². The van der Waals surface area contributed by atoms with Crippen molar-refractivity contribution in [1.29, 1.82) is 0 Å². The van der Waals surface area contributed by atoms with E-state index in [0.717, 1.165) is 4.31 Å². The molecule has 1 saturated heterocycles. The Hall–Kier alpha value is -3.51. The molecule has 176 valence electrons. The van der Waals surface area contributed by atoms with Crippen molar-refractivity contribution >= 4 is 38.9 Å².